The van der Waals surface area contributed by atoms with Gasteiger partial charge in [-0.05, 0) is 19.4 Å². The minimum atomic E-state index is -0.149. The maximum atomic E-state index is 11.6. The van der Waals surface area contributed by atoms with E-state index >= 15 is 0 Å². The molecule has 1 unspecified atom stereocenters. The molecule has 1 fully saturated rings. The first-order valence-electron chi connectivity index (χ1n) is 6.97. The van der Waals surface area contributed by atoms with E-state index in [1.807, 2.05) is 14.1 Å². The van der Waals surface area contributed by atoms with Crippen LogP contribution < -0.4 is 10.6 Å². The van der Waals surface area contributed by atoms with Crippen molar-refractivity contribution >= 4 is 17.9 Å². The number of methoxy groups -OCH3 is 1. The van der Waals surface area contributed by atoms with E-state index in [2.05, 4.69) is 19.9 Å². The van der Waals surface area contributed by atoms with Crippen molar-refractivity contribution in [1.82, 2.24) is 19.9 Å². The molecule has 2 heterocycles. The van der Waals surface area contributed by atoms with Crippen LogP contribution in [0.15, 0.2) is 0 Å². The number of likely N-dealkylation sites (tertiary alicyclic amines) is 1. The highest BCUT2D eigenvalue weighted by atomic mass is 16.5. The summed E-state index contributed by atoms with van der Waals surface area (Å²) in [5.74, 6) is 1.15. The molecule has 1 aliphatic rings. The number of carbonyl (C=O) groups is 1. The number of ether oxygens (including phenoxy) is 1. The maximum Gasteiger partial charge on any atom is 0.309 e. The van der Waals surface area contributed by atoms with Gasteiger partial charge in [-0.3, -0.25) is 9.69 Å². The number of esters is 1. The van der Waals surface area contributed by atoms with Crippen LogP contribution in [0.4, 0.5) is 11.9 Å². The number of rotatable bonds is 4. The molecule has 1 saturated heterocycles. The topological polar surface area (TPSA) is 97.5 Å². The zero-order chi connectivity index (χ0) is 15.4. The number of nitrogens with zero attached hydrogens (tertiary/aromatic N) is 5. The van der Waals surface area contributed by atoms with E-state index in [1.54, 1.807) is 4.90 Å². The lowest BCUT2D eigenvalue weighted by Crippen LogP contribution is -2.39. The molecule has 2 rings (SSSR count). The fraction of sp³-hybridized carbons (Fsp3) is 0.692. The first-order valence-corrected chi connectivity index (χ1v) is 6.97. The molecule has 1 aromatic rings. The minimum absolute atomic E-state index is 0.0729. The average molecular weight is 294 g/mol. The lowest BCUT2D eigenvalue weighted by molar-refractivity contribution is -0.147. The summed E-state index contributed by atoms with van der Waals surface area (Å²) < 4.78 is 4.82. The van der Waals surface area contributed by atoms with Gasteiger partial charge < -0.3 is 15.4 Å². The lowest BCUT2D eigenvalue weighted by Gasteiger charge is -2.30. The Balaban J connectivity index is 2.05. The van der Waals surface area contributed by atoms with E-state index in [9.17, 15) is 4.79 Å². The summed E-state index contributed by atoms with van der Waals surface area (Å²) in [5.41, 5.74) is 5.72. The number of nitrogens with two attached hydrogens (primary N) is 1. The molecule has 0 aromatic carbocycles. The monoisotopic (exact) mass is 294 g/mol. The molecule has 0 spiro atoms. The Morgan fingerprint density at radius 3 is 2.86 bits per heavy atom. The lowest BCUT2D eigenvalue weighted by atomic mass is 9.98. The Morgan fingerprint density at radius 2 is 2.19 bits per heavy atom. The number of nitrogen functional groups attached to an aromatic ring is 1. The summed E-state index contributed by atoms with van der Waals surface area (Å²) in [7, 11) is 5.14. The number of hydrogen-bond donors (Lipinski definition) is 1. The minimum Gasteiger partial charge on any atom is -0.469 e. The molecule has 0 aliphatic carbocycles. The van der Waals surface area contributed by atoms with Crippen molar-refractivity contribution in [3.8, 4) is 0 Å². The normalized spacial score (nSPS) is 19.3. The van der Waals surface area contributed by atoms with Crippen LogP contribution in [0.25, 0.3) is 0 Å². The van der Waals surface area contributed by atoms with E-state index in [4.69, 9.17) is 10.5 Å². The first-order chi connectivity index (χ1) is 9.99. The third-order valence-electron chi connectivity index (χ3n) is 3.49. The maximum absolute atomic E-state index is 11.6. The summed E-state index contributed by atoms with van der Waals surface area (Å²) in [6, 6.07) is 0. The second kappa shape index (κ2) is 6.66. The summed E-state index contributed by atoms with van der Waals surface area (Å²) in [6.07, 6.45) is 1.83. The summed E-state index contributed by atoms with van der Waals surface area (Å²) in [6.45, 7) is 2.13. The number of aromatic nitrogens is 3. The second-order valence-corrected chi connectivity index (χ2v) is 5.40. The van der Waals surface area contributed by atoms with E-state index in [-0.39, 0.29) is 17.8 Å². The van der Waals surface area contributed by atoms with Gasteiger partial charge in [-0.25, -0.2) is 0 Å². The molecule has 1 aromatic heterocycles. The first kappa shape index (κ1) is 15.4. The molecular formula is C13H22N6O2. The number of carbonyl (C=O) groups excluding carboxylic acids is 1. The Hall–Kier alpha value is -1.96. The second-order valence-electron chi connectivity index (χ2n) is 5.40. The molecule has 2 N–H and O–H groups in total. The predicted octanol–water partition coefficient (Wildman–Crippen LogP) is -0.0952. The largest absolute Gasteiger partial charge is 0.469 e. The Morgan fingerprint density at radius 1 is 1.43 bits per heavy atom. The molecule has 0 amide bonds. The van der Waals surface area contributed by atoms with Gasteiger partial charge in [-0.15, -0.1) is 0 Å². The van der Waals surface area contributed by atoms with E-state index in [1.165, 1.54) is 7.11 Å². The van der Waals surface area contributed by atoms with E-state index < -0.39 is 0 Å². The molecule has 8 nitrogen and oxygen atoms in total. The van der Waals surface area contributed by atoms with Crippen molar-refractivity contribution in [1.29, 1.82) is 0 Å². The van der Waals surface area contributed by atoms with Crippen LogP contribution in [-0.2, 0) is 16.1 Å². The van der Waals surface area contributed by atoms with Crippen LogP contribution in [0.1, 0.15) is 18.7 Å². The van der Waals surface area contributed by atoms with Crippen molar-refractivity contribution < 1.29 is 9.53 Å². The third-order valence-corrected chi connectivity index (χ3v) is 3.49. The fourth-order valence-electron chi connectivity index (χ4n) is 2.45. The van der Waals surface area contributed by atoms with Gasteiger partial charge in [-0.2, -0.15) is 15.0 Å². The van der Waals surface area contributed by atoms with Gasteiger partial charge in [0.25, 0.3) is 0 Å². The SMILES string of the molecule is COC(=O)C1CCCN(Cc2nc(N)nc(N(C)C)n2)C1. The quantitative estimate of drug-likeness (QED) is 0.769. The van der Waals surface area contributed by atoms with Crippen molar-refractivity contribution in [2.24, 2.45) is 5.92 Å². The summed E-state index contributed by atoms with van der Waals surface area (Å²) >= 11 is 0. The van der Waals surface area contributed by atoms with Gasteiger partial charge >= 0.3 is 5.97 Å². The predicted molar refractivity (Wildman–Crippen MR) is 78.6 cm³/mol. The van der Waals surface area contributed by atoms with Crippen molar-refractivity contribution in [3.05, 3.63) is 5.82 Å². The van der Waals surface area contributed by atoms with Gasteiger partial charge in [0.2, 0.25) is 11.9 Å². The van der Waals surface area contributed by atoms with Crippen LogP contribution in [0.2, 0.25) is 0 Å². The Bertz CT molecular complexity index is 507. The average Bonchev–Trinajstić information content (AvgIpc) is 2.46. The van der Waals surface area contributed by atoms with Gasteiger partial charge in [-0.1, -0.05) is 0 Å². The summed E-state index contributed by atoms with van der Waals surface area (Å²) in [4.78, 5) is 28.2. The highest BCUT2D eigenvalue weighted by Crippen LogP contribution is 2.19. The molecule has 1 aliphatic heterocycles. The number of anilines is 2. The van der Waals surface area contributed by atoms with Gasteiger partial charge in [0.1, 0.15) is 5.82 Å². The zero-order valence-corrected chi connectivity index (χ0v) is 12.7. The molecule has 0 saturated carbocycles. The highest BCUT2D eigenvalue weighted by molar-refractivity contribution is 5.72. The third kappa shape index (κ3) is 4.01. The fourth-order valence-corrected chi connectivity index (χ4v) is 2.45. The molecule has 0 radical (unpaired) electrons. The van der Waals surface area contributed by atoms with Crippen molar-refractivity contribution in [3.63, 3.8) is 0 Å². The van der Waals surface area contributed by atoms with Crippen LogP contribution in [0.3, 0.4) is 0 Å². The zero-order valence-electron chi connectivity index (χ0n) is 12.7. The van der Waals surface area contributed by atoms with E-state index in [0.29, 0.717) is 24.9 Å². The van der Waals surface area contributed by atoms with Crippen LogP contribution in [0, 0.1) is 5.92 Å². The van der Waals surface area contributed by atoms with Gasteiger partial charge in [0, 0.05) is 20.6 Å². The standard InChI is InChI=1S/C13H22N6O2/c1-18(2)13-16-10(15-12(14)17-13)8-19-6-4-5-9(7-19)11(20)21-3/h9H,4-8H2,1-3H3,(H2,14,15,16,17). The molecule has 116 valence electrons. The molecular weight excluding hydrogens is 272 g/mol. The van der Waals surface area contributed by atoms with Crippen molar-refractivity contribution in [2.75, 3.05) is 44.9 Å². The number of piperidine rings is 1. The highest BCUT2D eigenvalue weighted by Gasteiger charge is 2.27. The van der Waals surface area contributed by atoms with Gasteiger partial charge in [0.15, 0.2) is 0 Å². The molecule has 21 heavy (non-hydrogen) atoms. The smallest absolute Gasteiger partial charge is 0.309 e. The molecule has 0 bridgehead atoms. The molecule has 1 atom stereocenters. The van der Waals surface area contributed by atoms with Crippen LogP contribution in [-0.4, -0.2) is 60.1 Å². The van der Waals surface area contributed by atoms with Crippen LogP contribution >= 0.6 is 0 Å². The summed E-state index contributed by atoms with van der Waals surface area (Å²) in [5, 5.41) is 0. The number of hydrogen-bond acceptors (Lipinski definition) is 8. The Kier molecular flexibility index (Phi) is 4.89. The van der Waals surface area contributed by atoms with Crippen molar-refractivity contribution in [2.45, 2.75) is 19.4 Å². The van der Waals surface area contributed by atoms with E-state index in [0.717, 1.165) is 19.4 Å². The molecule has 8 heteroatoms. The Labute approximate surface area is 124 Å². The van der Waals surface area contributed by atoms with Gasteiger partial charge in [0.05, 0.1) is 19.6 Å². The van der Waals surface area contributed by atoms with Crippen LogP contribution in [0.5, 0.6) is 0 Å².